The number of carbonyl (C=O) groups is 2. The molecule has 0 fully saturated rings. The average molecular weight is 262 g/mol. The lowest BCUT2D eigenvalue weighted by atomic mass is 10.2. The van der Waals surface area contributed by atoms with Crippen molar-refractivity contribution in [1.82, 2.24) is 5.43 Å². The first-order valence-electron chi connectivity index (χ1n) is 6.41. The number of aliphatic carboxylic acids is 2. The lowest BCUT2D eigenvalue weighted by Crippen LogP contribution is -2.22. The molecule has 5 N–H and O–H groups in total. The van der Waals surface area contributed by atoms with Crippen LogP contribution in [0.4, 0.5) is 0 Å². The van der Waals surface area contributed by atoms with E-state index in [0.717, 1.165) is 6.54 Å². The van der Waals surface area contributed by atoms with Gasteiger partial charge in [0, 0.05) is 19.4 Å². The highest BCUT2D eigenvalue weighted by Gasteiger charge is 1.99. The maximum absolute atomic E-state index is 9.90. The number of rotatable bonds is 10. The van der Waals surface area contributed by atoms with Crippen LogP contribution in [0.1, 0.15) is 58.3 Å². The monoisotopic (exact) mass is 262 g/mol. The maximum Gasteiger partial charge on any atom is 0.303 e. The summed E-state index contributed by atoms with van der Waals surface area (Å²) in [5.41, 5.74) is 2.63. The van der Waals surface area contributed by atoms with E-state index in [4.69, 9.17) is 16.1 Å². The molecule has 0 rings (SSSR count). The van der Waals surface area contributed by atoms with Gasteiger partial charge < -0.3 is 10.2 Å². The van der Waals surface area contributed by atoms with Crippen molar-refractivity contribution in [3.05, 3.63) is 0 Å². The summed E-state index contributed by atoms with van der Waals surface area (Å²) < 4.78 is 0. The van der Waals surface area contributed by atoms with E-state index in [-0.39, 0.29) is 12.8 Å². The van der Waals surface area contributed by atoms with Crippen molar-refractivity contribution in [2.45, 2.75) is 58.3 Å². The van der Waals surface area contributed by atoms with E-state index >= 15 is 0 Å². The number of hydrazine groups is 1. The number of unbranched alkanes of at least 4 members (excludes halogenated alkanes) is 4. The molecule has 0 radical (unpaired) electrons. The van der Waals surface area contributed by atoms with Gasteiger partial charge in [0.25, 0.3) is 0 Å². The van der Waals surface area contributed by atoms with Crippen molar-refractivity contribution >= 4 is 11.9 Å². The van der Waals surface area contributed by atoms with E-state index in [1.165, 1.54) is 25.7 Å². The number of carboxylic acids is 2. The van der Waals surface area contributed by atoms with Crippen LogP contribution < -0.4 is 11.3 Å². The highest BCUT2D eigenvalue weighted by Crippen LogP contribution is 1.98. The molecule has 0 atom stereocenters. The number of carboxylic acid groups (broad SMARTS) is 2. The van der Waals surface area contributed by atoms with Crippen molar-refractivity contribution < 1.29 is 19.8 Å². The molecule has 0 aliphatic rings. The fraction of sp³-hybridized carbons (Fsp3) is 0.833. The van der Waals surface area contributed by atoms with Gasteiger partial charge in [-0.15, -0.1) is 0 Å². The van der Waals surface area contributed by atoms with Gasteiger partial charge in [0.2, 0.25) is 0 Å². The SMILES string of the molecule is CCCCCCNN.O=C(O)CCCCC(=O)O. The molecule has 0 saturated heterocycles. The molecular formula is C12H26N2O4. The Bertz CT molecular complexity index is 188. The van der Waals surface area contributed by atoms with Gasteiger partial charge in [0.15, 0.2) is 0 Å². The van der Waals surface area contributed by atoms with Crippen LogP contribution in [0.3, 0.4) is 0 Å². The van der Waals surface area contributed by atoms with Gasteiger partial charge in [-0.3, -0.25) is 20.9 Å². The number of nitrogens with one attached hydrogen (secondary N) is 1. The summed E-state index contributed by atoms with van der Waals surface area (Å²) in [4.78, 5) is 19.8. The molecule has 6 heteroatoms. The van der Waals surface area contributed by atoms with Crippen molar-refractivity contribution in [3.63, 3.8) is 0 Å². The second-order valence-corrected chi connectivity index (χ2v) is 4.01. The fourth-order valence-corrected chi connectivity index (χ4v) is 1.21. The molecule has 0 unspecified atom stereocenters. The van der Waals surface area contributed by atoms with Gasteiger partial charge in [-0.05, 0) is 19.3 Å². The van der Waals surface area contributed by atoms with E-state index in [2.05, 4.69) is 12.3 Å². The Morgan fingerprint density at radius 1 is 0.944 bits per heavy atom. The van der Waals surface area contributed by atoms with E-state index in [1.54, 1.807) is 0 Å². The summed E-state index contributed by atoms with van der Waals surface area (Å²) in [6, 6.07) is 0. The summed E-state index contributed by atoms with van der Waals surface area (Å²) in [6.45, 7) is 3.16. The largest absolute Gasteiger partial charge is 0.481 e. The highest BCUT2D eigenvalue weighted by molar-refractivity contribution is 5.67. The molecule has 0 amide bonds. The molecule has 0 aromatic heterocycles. The van der Waals surface area contributed by atoms with Crippen LogP contribution in [-0.2, 0) is 9.59 Å². The van der Waals surface area contributed by atoms with Gasteiger partial charge in [-0.1, -0.05) is 26.2 Å². The first-order chi connectivity index (χ1) is 8.54. The topological polar surface area (TPSA) is 113 Å². The lowest BCUT2D eigenvalue weighted by molar-refractivity contribution is -0.139. The quantitative estimate of drug-likeness (QED) is 0.271. The molecule has 0 aliphatic carbocycles. The molecule has 0 spiro atoms. The number of nitrogens with two attached hydrogens (primary N) is 1. The van der Waals surface area contributed by atoms with E-state index < -0.39 is 11.9 Å². The maximum atomic E-state index is 9.90. The second kappa shape index (κ2) is 15.9. The predicted octanol–water partition coefficient (Wildman–Crippen LogP) is 1.75. The van der Waals surface area contributed by atoms with Gasteiger partial charge in [-0.25, -0.2) is 0 Å². The van der Waals surface area contributed by atoms with Gasteiger partial charge in [0.1, 0.15) is 0 Å². The molecule has 0 aliphatic heterocycles. The van der Waals surface area contributed by atoms with Crippen LogP contribution in [0.25, 0.3) is 0 Å². The Morgan fingerprint density at radius 2 is 1.44 bits per heavy atom. The van der Waals surface area contributed by atoms with E-state index in [9.17, 15) is 9.59 Å². The summed E-state index contributed by atoms with van der Waals surface area (Å²) in [5.74, 6) is 3.32. The molecule has 18 heavy (non-hydrogen) atoms. The van der Waals surface area contributed by atoms with Crippen molar-refractivity contribution in [3.8, 4) is 0 Å². The molecule has 108 valence electrons. The Labute approximate surface area is 109 Å². The van der Waals surface area contributed by atoms with E-state index in [0.29, 0.717) is 12.8 Å². The Kier molecular flexibility index (Phi) is 16.9. The Morgan fingerprint density at radius 3 is 1.78 bits per heavy atom. The van der Waals surface area contributed by atoms with Crippen molar-refractivity contribution in [1.29, 1.82) is 0 Å². The molecule has 0 aromatic carbocycles. The van der Waals surface area contributed by atoms with Crippen molar-refractivity contribution in [2.24, 2.45) is 5.84 Å². The third kappa shape index (κ3) is 24.2. The zero-order chi connectivity index (χ0) is 14.2. The summed E-state index contributed by atoms with van der Waals surface area (Å²) in [6.07, 6.45) is 6.17. The fourth-order valence-electron chi connectivity index (χ4n) is 1.21. The number of hydrogen-bond donors (Lipinski definition) is 4. The van der Waals surface area contributed by atoms with Crippen molar-refractivity contribution in [2.75, 3.05) is 6.54 Å². The van der Waals surface area contributed by atoms with Crippen LogP contribution in [0.15, 0.2) is 0 Å². The van der Waals surface area contributed by atoms with Gasteiger partial charge in [-0.2, -0.15) is 0 Å². The van der Waals surface area contributed by atoms with Crippen LogP contribution in [-0.4, -0.2) is 28.7 Å². The second-order valence-electron chi connectivity index (χ2n) is 4.01. The zero-order valence-corrected chi connectivity index (χ0v) is 11.2. The van der Waals surface area contributed by atoms with Crippen LogP contribution in [0, 0.1) is 0 Å². The normalized spacial score (nSPS) is 9.44. The predicted molar refractivity (Wildman–Crippen MR) is 70.1 cm³/mol. The lowest BCUT2D eigenvalue weighted by Gasteiger charge is -1.95. The third-order valence-corrected chi connectivity index (χ3v) is 2.21. The van der Waals surface area contributed by atoms with E-state index in [1.807, 2.05) is 0 Å². The molecule has 0 heterocycles. The smallest absolute Gasteiger partial charge is 0.303 e. The number of hydrogen-bond acceptors (Lipinski definition) is 4. The summed E-state index contributed by atoms with van der Waals surface area (Å²) >= 11 is 0. The molecule has 0 bridgehead atoms. The van der Waals surface area contributed by atoms with Gasteiger partial charge >= 0.3 is 11.9 Å². The third-order valence-electron chi connectivity index (χ3n) is 2.21. The first kappa shape index (κ1) is 19.2. The average Bonchev–Trinajstić information content (AvgIpc) is 2.31. The Hall–Kier alpha value is -1.14. The minimum Gasteiger partial charge on any atom is -0.481 e. The summed E-state index contributed by atoms with van der Waals surface area (Å²) in [5, 5.41) is 16.3. The Balaban J connectivity index is 0. The molecule has 6 nitrogen and oxygen atoms in total. The zero-order valence-electron chi connectivity index (χ0n) is 11.2. The van der Waals surface area contributed by atoms with Crippen LogP contribution in [0.2, 0.25) is 0 Å². The first-order valence-corrected chi connectivity index (χ1v) is 6.41. The standard InChI is InChI=1S/C6H16N2.C6H10O4/c1-2-3-4-5-6-8-7;7-5(8)3-1-2-4-6(9)10/h8H,2-7H2,1H3;1-4H2,(H,7,8)(H,9,10). The minimum atomic E-state index is -0.870. The minimum absolute atomic E-state index is 0.0628. The summed E-state index contributed by atoms with van der Waals surface area (Å²) in [7, 11) is 0. The highest BCUT2D eigenvalue weighted by atomic mass is 16.4. The molecular weight excluding hydrogens is 236 g/mol. The molecule has 0 aromatic rings. The van der Waals surface area contributed by atoms with Gasteiger partial charge in [0.05, 0.1) is 0 Å². The van der Waals surface area contributed by atoms with Crippen LogP contribution in [0.5, 0.6) is 0 Å². The molecule has 0 saturated carbocycles. The van der Waals surface area contributed by atoms with Crippen LogP contribution >= 0.6 is 0 Å².